The van der Waals surface area contributed by atoms with Crippen molar-refractivity contribution in [2.24, 2.45) is 0 Å². The Balaban J connectivity index is 1.76. The molecule has 0 atom stereocenters. The molecule has 3 rings (SSSR count). The lowest BCUT2D eigenvalue weighted by Gasteiger charge is -2.19. The Kier molecular flexibility index (Phi) is 5.90. The first-order valence-corrected chi connectivity index (χ1v) is 9.10. The third kappa shape index (κ3) is 4.42. The van der Waals surface area contributed by atoms with E-state index in [2.05, 4.69) is 43.8 Å². The lowest BCUT2D eigenvalue weighted by molar-refractivity contribution is -0.128. The highest BCUT2D eigenvalue weighted by Crippen LogP contribution is 2.33. The van der Waals surface area contributed by atoms with E-state index in [1.165, 1.54) is 24.8 Å². The van der Waals surface area contributed by atoms with Crippen LogP contribution in [-0.2, 0) is 11.2 Å². The molecule has 0 saturated heterocycles. The monoisotopic (exact) mass is 348 g/mol. The summed E-state index contributed by atoms with van der Waals surface area (Å²) < 4.78 is 11.0. The number of carbonyl (C=O) groups excluding carboxylic acids is 1. The summed E-state index contributed by atoms with van der Waals surface area (Å²) >= 11 is 0. The van der Waals surface area contributed by atoms with Crippen LogP contribution >= 0.6 is 0 Å². The molecule has 134 valence electrons. The molecule has 26 heavy (non-hydrogen) atoms. The normalized spacial score (nSPS) is 12.6. The fraction of sp³-hybridized carbons (Fsp3) is 0.261. The molecule has 0 aromatic heterocycles. The van der Waals surface area contributed by atoms with Crippen LogP contribution in [-0.4, -0.2) is 12.6 Å². The molecule has 0 amide bonds. The van der Waals surface area contributed by atoms with Crippen molar-refractivity contribution in [2.75, 3.05) is 6.61 Å². The van der Waals surface area contributed by atoms with E-state index >= 15 is 0 Å². The second-order valence-corrected chi connectivity index (χ2v) is 6.44. The van der Waals surface area contributed by atoms with Gasteiger partial charge < -0.3 is 9.47 Å². The highest BCUT2D eigenvalue weighted by Gasteiger charge is 2.14. The summed E-state index contributed by atoms with van der Waals surface area (Å²) in [6.07, 6.45) is 8.13. The smallest absolute Gasteiger partial charge is 0.335 e. The first-order chi connectivity index (χ1) is 12.7. The topological polar surface area (TPSA) is 35.5 Å². The number of rotatable bonds is 7. The minimum Gasteiger partial charge on any atom is -0.488 e. The number of fused-ring (bicyclic) bond motifs is 1. The van der Waals surface area contributed by atoms with Crippen LogP contribution in [0.25, 0.3) is 11.6 Å². The Labute approximate surface area is 155 Å². The van der Waals surface area contributed by atoms with E-state index < -0.39 is 5.97 Å². The molecule has 2 aromatic rings. The zero-order valence-corrected chi connectivity index (χ0v) is 15.2. The van der Waals surface area contributed by atoms with Crippen LogP contribution < -0.4 is 9.47 Å². The molecular formula is C23H24O3. The molecule has 1 aliphatic rings. The molecular weight excluding hydrogens is 324 g/mol. The maximum atomic E-state index is 11.4. The van der Waals surface area contributed by atoms with Gasteiger partial charge in [-0.15, -0.1) is 0 Å². The van der Waals surface area contributed by atoms with E-state index in [9.17, 15) is 4.79 Å². The van der Waals surface area contributed by atoms with E-state index in [0.29, 0.717) is 12.4 Å². The van der Waals surface area contributed by atoms with Crippen LogP contribution in [0.1, 0.15) is 42.9 Å². The standard InChI is InChI=1S/C23H24O3/c1-3-5-6-7-17-8-10-18(11-9-17)20-14-19-15-21(26-23(24)4-2)12-13-22(19)25-16-20/h4,8-15H,2-3,5-7,16H2,1H3. The number of hydrogen-bond donors (Lipinski definition) is 0. The average Bonchev–Trinajstić information content (AvgIpc) is 2.68. The van der Waals surface area contributed by atoms with Crippen molar-refractivity contribution in [3.8, 4) is 11.5 Å². The minimum absolute atomic E-state index is 0.468. The second-order valence-electron chi connectivity index (χ2n) is 6.44. The largest absolute Gasteiger partial charge is 0.488 e. The van der Waals surface area contributed by atoms with Gasteiger partial charge in [0.1, 0.15) is 18.1 Å². The van der Waals surface area contributed by atoms with Crippen LogP contribution in [0.3, 0.4) is 0 Å². The van der Waals surface area contributed by atoms with E-state index in [4.69, 9.17) is 9.47 Å². The number of hydrogen-bond acceptors (Lipinski definition) is 3. The molecule has 3 heteroatoms. The Morgan fingerprint density at radius 2 is 2.00 bits per heavy atom. The van der Waals surface area contributed by atoms with Gasteiger partial charge in [-0.05, 0) is 53.8 Å². The van der Waals surface area contributed by atoms with Crippen LogP contribution in [0.5, 0.6) is 11.5 Å². The van der Waals surface area contributed by atoms with Crippen LogP contribution in [0.2, 0.25) is 0 Å². The molecule has 0 aliphatic carbocycles. The number of esters is 1. The summed E-state index contributed by atoms with van der Waals surface area (Å²) in [5.74, 6) is 0.814. The van der Waals surface area contributed by atoms with Crippen molar-refractivity contribution in [3.05, 3.63) is 71.8 Å². The number of aryl methyl sites for hydroxylation is 1. The number of benzene rings is 2. The summed E-state index contributed by atoms with van der Waals surface area (Å²) in [4.78, 5) is 11.4. The molecule has 0 spiro atoms. The van der Waals surface area contributed by atoms with Gasteiger partial charge in [0.15, 0.2) is 0 Å². The predicted octanol–water partition coefficient (Wildman–Crippen LogP) is 5.44. The van der Waals surface area contributed by atoms with Crippen LogP contribution in [0.15, 0.2) is 55.1 Å². The average molecular weight is 348 g/mol. The van der Waals surface area contributed by atoms with E-state index in [0.717, 1.165) is 34.9 Å². The molecule has 0 radical (unpaired) electrons. The molecule has 0 saturated carbocycles. The van der Waals surface area contributed by atoms with Gasteiger partial charge in [-0.25, -0.2) is 4.79 Å². The van der Waals surface area contributed by atoms with Gasteiger partial charge in [0.25, 0.3) is 0 Å². The van der Waals surface area contributed by atoms with Crippen molar-refractivity contribution < 1.29 is 14.3 Å². The molecule has 1 heterocycles. The SMILES string of the molecule is C=CC(=O)Oc1ccc2c(c1)C=C(c1ccc(CCCCC)cc1)CO2. The van der Waals surface area contributed by atoms with E-state index in [1.54, 1.807) is 6.07 Å². The second kappa shape index (κ2) is 8.52. The van der Waals surface area contributed by atoms with Crippen molar-refractivity contribution in [1.29, 1.82) is 0 Å². The fourth-order valence-corrected chi connectivity index (χ4v) is 3.01. The third-order valence-electron chi connectivity index (χ3n) is 4.47. The van der Waals surface area contributed by atoms with Crippen LogP contribution in [0, 0.1) is 0 Å². The molecule has 0 N–H and O–H groups in total. The highest BCUT2D eigenvalue weighted by molar-refractivity contribution is 5.87. The zero-order valence-electron chi connectivity index (χ0n) is 15.2. The summed E-state index contributed by atoms with van der Waals surface area (Å²) in [5, 5.41) is 0. The summed E-state index contributed by atoms with van der Waals surface area (Å²) in [7, 11) is 0. The van der Waals surface area contributed by atoms with E-state index in [-0.39, 0.29) is 0 Å². The van der Waals surface area contributed by atoms with E-state index in [1.807, 2.05) is 12.1 Å². The number of ether oxygens (including phenoxy) is 2. The highest BCUT2D eigenvalue weighted by atomic mass is 16.5. The van der Waals surface area contributed by atoms with Crippen molar-refractivity contribution >= 4 is 17.6 Å². The lowest BCUT2D eigenvalue weighted by atomic mass is 9.98. The number of unbranched alkanes of at least 4 members (excludes halogenated alkanes) is 2. The van der Waals surface area contributed by atoms with Gasteiger partial charge in [-0.1, -0.05) is 50.6 Å². The molecule has 3 nitrogen and oxygen atoms in total. The Morgan fingerprint density at radius 1 is 1.19 bits per heavy atom. The molecule has 2 aromatic carbocycles. The van der Waals surface area contributed by atoms with Gasteiger partial charge in [0.2, 0.25) is 0 Å². The molecule has 0 unspecified atom stereocenters. The first kappa shape index (κ1) is 18.0. The van der Waals surface area contributed by atoms with Crippen molar-refractivity contribution in [3.63, 3.8) is 0 Å². The van der Waals surface area contributed by atoms with Crippen molar-refractivity contribution in [1.82, 2.24) is 0 Å². The lowest BCUT2D eigenvalue weighted by Crippen LogP contribution is -2.08. The maximum Gasteiger partial charge on any atom is 0.335 e. The molecule has 0 bridgehead atoms. The summed E-state index contributed by atoms with van der Waals surface area (Å²) in [6, 6.07) is 14.1. The molecule has 1 aliphatic heterocycles. The first-order valence-electron chi connectivity index (χ1n) is 9.10. The maximum absolute atomic E-state index is 11.4. The quantitative estimate of drug-likeness (QED) is 0.289. The van der Waals surface area contributed by atoms with Crippen molar-refractivity contribution in [2.45, 2.75) is 32.6 Å². The molecule has 0 fully saturated rings. The number of carbonyl (C=O) groups is 1. The van der Waals surface area contributed by atoms with Gasteiger partial charge >= 0.3 is 5.97 Å². The Bertz CT molecular complexity index is 816. The van der Waals surface area contributed by atoms with Gasteiger partial charge in [0, 0.05) is 11.6 Å². The van der Waals surface area contributed by atoms with Crippen LogP contribution in [0.4, 0.5) is 0 Å². The fourth-order valence-electron chi connectivity index (χ4n) is 3.01. The van der Waals surface area contributed by atoms with Gasteiger partial charge in [-0.2, -0.15) is 0 Å². The predicted molar refractivity (Wildman–Crippen MR) is 105 cm³/mol. The van der Waals surface area contributed by atoms with Gasteiger partial charge in [0.05, 0.1) is 0 Å². The summed E-state index contributed by atoms with van der Waals surface area (Å²) in [5.41, 5.74) is 4.55. The zero-order chi connectivity index (χ0) is 18.4. The minimum atomic E-state index is -0.468. The summed E-state index contributed by atoms with van der Waals surface area (Å²) in [6.45, 7) is 6.17. The Morgan fingerprint density at radius 3 is 2.73 bits per heavy atom. The third-order valence-corrected chi connectivity index (χ3v) is 4.47. The van der Waals surface area contributed by atoms with Gasteiger partial charge in [-0.3, -0.25) is 0 Å². The Hall–Kier alpha value is -2.81.